The van der Waals surface area contributed by atoms with Crippen molar-refractivity contribution in [2.45, 2.75) is 25.3 Å². The van der Waals surface area contributed by atoms with E-state index in [9.17, 15) is 13.2 Å². The molecule has 1 amide bonds. The molecule has 0 saturated carbocycles. The van der Waals surface area contributed by atoms with Crippen LogP contribution in [0.4, 0.5) is 11.4 Å². The Morgan fingerprint density at radius 1 is 0.865 bits per heavy atom. The zero-order valence-corrected chi connectivity index (χ0v) is 21.4. The molecular formula is C29H27N3O4S. The van der Waals surface area contributed by atoms with E-state index in [4.69, 9.17) is 4.74 Å². The van der Waals surface area contributed by atoms with Crippen molar-refractivity contribution in [2.75, 3.05) is 16.6 Å². The first-order valence-corrected chi connectivity index (χ1v) is 13.5. The zero-order valence-electron chi connectivity index (χ0n) is 20.6. The quantitative estimate of drug-likeness (QED) is 0.269. The molecule has 8 heteroatoms. The number of fused-ring (bicyclic) bond motifs is 3. The highest BCUT2D eigenvalue weighted by atomic mass is 32.2. The van der Waals surface area contributed by atoms with E-state index in [0.29, 0.717) is 17.1 Å². The molecule has 0 aliphatic heterocycles. The number of sulfonamides is 1. The smallest absolute Gasteiger partial charge is 0.262 e. The second-order valence-electron chi connectivity index (χ2n) is 8.72. The van der Waals surface area contributed by atoms with Crippen LogP contribution in [0, 0.1) is 6.92 Å². The number of hydrogen-bond donors (Lipinski definition) is 2. The second-order valence-corrected chi connectivity index (χ2v) is 10.4. The van der Waals surface area contributed by atoms with E-state index in [-0.39, 0.29) is 17.4 Å². The molecular weight excluding hydrogens is 486 g/mol. The number of nitrogens with zero attached hydrogens (tertiary/aromatic N) is 1. The molecule has 37 heavy (non-hydrogen) atoms. The third kappa shape index (κ3) is 5.01. The summed E-state index contributed by atoms with van der Waals surface area (Å²) < 4.78 is 35.9. The van der Waals surface area contributed by atoms with Gasteiger partial charge in [-0.15, -0.1) is 0 Å². The fourth-order valence-electron chi connectivity index (χ4n) is 4.42. The fraction of sp³-hybridized carbons (Fsp3) is 0.138. The first-order valence-electron chi connectivity index (χ1n) is 12.0. The van der Waals surface area contributed by atoms with E-state index in [1.54, 1.807) is 12.1 Å². The first-order chi connectivity index (χ1) is 17.9. The third-order valence-electron chi connectivity index (χ3n) is 6.27. The first kappa shape index (κ1) is 24.4. The Balaban J connectivity index is 1.24. The van der Waals surface area contributed by atoms with Crippen molar-refractivity contribution < 1.29 is 17.9 Å². The van der Waals surface area contributed by atoms with Crippen LogP contribution in [0.15, 0.2) is 95.9 Å². The van der Waals surface area contributed by atoms with Gasteiger partial charge >= 0.3 is 0 Å². The van der Waals surface area contributed by atoms with Gasteiger partial charge in [0.05, 0.1) is 10.6 Å². The summed E-state index contributed by atoms with van der Waals surface area (Å²) in [5.41, 5.74) is 4.31. The topological polar surface area (TPSA) is 89.4 Å². The monoisotopic (exact) mass is 513 g/mol. The zero-order chi connectivity index (χ0) is 26.0. The summed E-state index contributed by atoms with van der Waals surface area (Å²) in [6.45, 7) is 4.59. The maximum atomic E-state index is 12.7. The Morgan fingerprint density at radius 2 is 1.57 bits per heavy atom. The molecule has 0 fully saturated rings. The molecule has 1 heterocycles. The second kappa shape index (κ2) is 9.99. The Hall–Kier alpha value is -4.30. The Kier molecular flexibility index (Phi) is 6.58. The van der Waals surface area contributed by atoms with Crippen LogP contribution in [0.2, 0.25) is 0 Å². The van der Waals surface area contributed by atoms with Crippen LogP contribution in [-0.2, 0) is 21.4 Å². The highest BCUT2D eigenvalue weighted by Gasteiger charge is 2.16. The van der Waals surface area contributed by atoms with Gasteiger partial charge < -0.3 is 14.6 Å². The van der Waals surface area contributed by atoms with Crippen LogP contribution >= 0.6 is 0 Å². The van der Waals surface area contributed by atoms with Crippen molar-refractivity contribution in [3.63, 3.8) is 0 Å². The number of carbonyl (C=O) groups excluding carboxylic acids is 1. The molecule has 4 aromatic carbocycles. The van der Waals surface area contributed by atoms with Gasteiger partial charge in [0.25, 0.3) is 15.9 Å². The lowest BCUT2D eigenvalue weighted by Crippen LogP contribution is -2.20. The third-order valence-corrected chi connectivity index (χ3v) is 7.65. The minimum Gasteiger partial charge on any atom is -0.484 e. The van der Waals surface area contributed by atoms with Gasteiger partial charge in [-0.1, -0.05) is 36.4 Å². The number of hydrogen-bond acceptors (Lipinski definition) is 4. The summed E-state index contributed by atoms with van der Waals surface area (Å²) in [4.78, 5) is 12.7. The van der Waals surface area contributed by atoms with Crippen molar-refractivity contribution in [1.29, 1.82) is 0 Å². The predicted octanol–water partition coefficient (Wildman–Crippen LogP) is 5.94. The van der Waals surface area contributed by atoms with Crippen LogP contribution in [-0.4, -0.2) is 25.5 Å². The summed E-state index contributed by atoms with van der Waals surface area (Å²) in [7, 11) is -3.75. The SMILES string of the molecule is CCn1c2ccccc2c2cc(NC(=O)COc3ccc(S(=O)(=O)Nc4ccccc4C)cc3)ccc21. The lowest BCUT2D eigenvalue weighted by molar-refractivity contribution is -0.118. The Labute approximate surface area is 215 Å². The van der Waals surface area contributed by atoms with Crippen LogP contribution in [0.3, 0.4) is 0 Å². The van der Waals surface area contributed by atoms with Gasteiger partial charge in [0.15, 0.2) is 6.61 Å². The molecule has 1 aromatic heterocycles. The summed E-state index contributed by atoms with van der Waals surface area (Å²) in [5.74, 6) is 0.0861. The van der Waals surface area contributed by atoms with Crippen LogP contribution in [0.5, 0.6) is 5.75 Å². The molecule has 7 nitrogen and oxygen atoms in total. The van der Waals surface area contributed by atoms with Crippen molar-refractivity contribution in [3.8, 4) is 5.75 Å². The number of benzene rings is 4. The molecule has 0 radical (unpaired) electrons. The molecule has 188 valence electrons. The molecule has 0 bridgehead atoms. The Bertz CT molecular complexity index is 1710. The van der Waals surface area contributed by atoms with Crippen molar-refractivity contribution in [1.82, 2.24) is 4.57 Å². The van der Waals surface area contributed by atoms with Gasteiger partial charge in [0, 0.05) is 34.0 Å². The summed E-state index contributed by atoms with van der Waals surface area (Å²) >= 11 is 0. The molecule has 0 aliphatic rings. The molecule has 0 saturated heterocycles. The number of rotatable bonds is 8. The minimum atomic E-state index is -3.75. The lowest BCUT2D eigenvalue weighted by atomic mass is 10.1. The number of ether oxygens (including phenoxy) is 1. The van der Waals surface area contributed by atoms with E-state index < -0.39 is 10.0 Å². The maximum Gasteiger partial charge on any atom is 0.262 e. The van der Waals surface area contributed by atoms with Crippen molar-refractivity contribution in [3.05, 3.63) is 96.6 Å². The fourth-order valence-corrected chi connectivity index (χ4v) is 5.55. The van der Waals surface area contributed by atoms with Gasteiger partial charge in [0.1, 0.15) is 5.75 Å². The van der Waals surface area contributed by atoms with Gasteiger partial charge in [-0.05, 0) is 74.0 Å². The average Bonchev–Trinajstić information content (AvgIpc) is 3.22. The minimum absolute atomic E-state index is 0.104. The molecule has 0 atom stereocenters. The normalized spacial score (nSPS) is 11.5. The van der Waals surface area contributed by atoms with Crippen LogP contribution in [0.1, 0.15) is 12.5 Å². The molecule has 0 unspecified atom stereocenters. The molecule has 2 N–H and O–H groups in total. The van der Waals surface area contributed by atoms with E-state index in [1.807, 2.05) is 49.4 Å². The number of aromatic nitrogens is 1. The van der Waals surface area contributed by atoms with Crippen LogP contribution in [0.25, 0.3) is 21.8 Å². The number of carbonyl (C=O) groups is 1. The van der Waals surface area contributed by atoms with Crippen LogP contribution < -0.4 is 14.8 Å². The largest absolute Gasteiger partial charge is 0.484 e. The van der Waals surface area contributed by atoms with Gasteiger partial charge in [-0.3, -0.25) is 9.52 Å². The van der Waals surface area contributed by atoms with Crippen molar-refractivity contribution in [2.24, 2.45) is 0 Å². The molecule has 5 aromatic rings. The molecule has 0 aliphatic carbocycles. The summed E-state index contributed by atoms with van der Waals surface area (Å²) in [6, 6.07) is 27.2. The van der Waals surface area contributed by atoms with E-state index >= 15 is 0 Å². The number of amides is 1. The number of aryl methyl sites for hydroxylation is 2. The van der Waals surface area contributed by atoms with E-state index in [1.165, 1.54) is 24.3 Å². The Morgan fingerprint density at radius 3 is 2.32 bits per heavy atom. The van der Waals surface area contributed by atoms with Gasteiger partial charge in [-0.2, -0.15) is 0 Å². The van der Waals surface area contributed by atoms with Gasteiger partial charge in [-0.25, -0.2) is 8.42 Å². The predicted molar refractivity (Wildman–Crippen MR) is 148 cm³/mol. The number of anilines is 2. The summed E-state index contributed by atoms with van der Waals surface area (Å²) in [5, 5.41) is 5.10. The number of nitrogens with one attached hydrogen (secondary N) is 2. The van der Waals surface area contributed by atoms with E-state index in [2.05, 4.69) is 33.7 Å². The highest BCUT2D eigenvalue weighted by molar-refractivity contribution is 7.92. The average molecular weight is 514 g/mol. The molecule has 0 spiro atoms. The number of para-hydroxylation sites is 2. The highest BCUT2D eigenvalue weighted by Crippen LogP contribution is 2.31. The lowest BCUT2D eigenvalue weighted by Gasteiger charge is -2.11. The molecule has 5 rings (SSSR count). The van der Waals surface area contributed by atoms with Crippen molar-refractivity contribution >= 4 is 49.1 Å². The summed E-state index contributed by atoms with van der Waals surface area (Å²) in [6.07, 6.45) is 0. The van der Waals surface area contributed by atoms with Gasteiger partial charge in [0.2, 0.25) is 0 Å². The standard InChI is InChI=1S/C29H27N3O4S/c1-3-32-27-11-7-5-9-24(27)25-18-21(12-17-28(25)32)30-29(33)19-36-22-13-15-23(16-14-22)37(34,35)31-26-10-6-4-8-20(26)2/h4-18,31H,3,19H2,1-2H3,(H,30,33). The van der Waals surface area contributed by atoms with E-state index in [0.717, 1.165) is 33.9 Å². The maximum absolute atomic E-state index is 12.7.